The Morgan fingerprint density at radius 2 is 2.27 bits per heavy atom. The Kier molecular flexibility index (Phi) is 3.97. The van der Waals surface area contributed by atoms with Crippen LogP contribution in [0.2, 0.25) is 0 Å². The van der Waals surface area contributed by atoms with E-state index in [2.05, 4.69) is 31.0 Å². The molecule has 0 radical (unpaired) electrons. The highest BCUT2D eigenvalue weighted by Crippen LogP contribution is 2.31. The monoisotopic (exact) mass is 289 g/mol. The maximum Gasteiger partial charge on any atom is 0.208 e. The van der Waals surface area contributed by atoms with Crippen LogP contribution >= 0.6 is 27.3 Å². The molecular formula is C10H16BrN3S. The van der Waals surface area contributed by atoms with Crippen LogP contribution in [-0.2, 0) is 0 Å². The molecule has 0 aromatic carbocycles. The van der Waals surface area contributed by atoms with E-state index >= 15 is 0 Å². The lowest BCUT2D eigenvalue weighted by Gasteiger charge is -2.37. The van der Waals surface area contributed by atoms with Crippen molar-refractivity contribution >= 4 is 32.4 Å². The maximum atomic E-state index is 4.25. The van der Waals surface area contributed by atoms with E-state index in [-0.39, 0.29) is 0 Å². The fourth-order valence-corrected chi connectivity index (χ4v) is 2.80. The first-order valence-corrected chi connectivity index (χ1v) is 7.38. The molecule has 0 unspecified atom stereocenters. The van der Waals surface area contributed by atoms with Gasteiger partial charge in [0, 0.05) is 17.9 Å². The molecule has 2 rings (SSSR count). The Labute approximate surface area is 103 Å². The molecule has 84 valence electrons. The van der Waals surface area contributed by atoms with E-state index in [0.717, 1.165) is 28.1 Å². The van der Waals surface area contributed by atoms with E-state index in [4.69, 9.17) is 0 Å². The second-order valence-electron chi connectivity index (χ2n) is 3.92. The number of anilines is 1. The average molecular weight is 290 g/mol. The number of hydrogen-bond donors (Lipinski definition) is 0. The molecule has 1 aliphatic carbocycles. The second-order valence-corrected chi connectivity index (χ2v) is 5.88. The molecule has 1 aliphatic rings. The summed E-state index contributed by atoms with van der Waals surface area (Å²) in [4.78, 5) is 2.44. The molecule has 0 amide bonds. The Balaban J connectivity index is 2.03. The van der Waals surface area contributed by atoms with Crippen LogP contribution in [-0.4, -0.2) is 28.1 Å². The number of aryl methyl sites for hydroxylation is 1. The van der Waals surface area contributed by atoms with E-state index < -0.39 is 0 Å². The summed E-state index contributed by atoms with van der Waals surface area (Å²) < 4.78 is 0. The first-order chi connectivity index (χ1) is 7.31. The first-order valence-electron chi connectivity index (χ1n) is 5.44. The van der Waals surface area contributed by atoms with Crippen molar-refractivity contribution in [3.63, 3.8) is 0 Å². The summed E-state index contributed by atoms with van der Waals surface area (Å²) in [6, 6.07) is 0.719. The smallest absolute Gasteiger partial charge is 0.208 e. The number of nitrogens with zero attached hydrogens (tertiary/aromatic N) is 3. The fourth-order valence-electron chi connectivity index (χ4n) is 1.77. The third-order valence-corrected chi connectivity index (χ3v) is 4.25. The molecule has 0 atom stereocenters. The zero-order valence-electron chi connectivity index (χ0n) is 8.95. The van der Waals surface area contributed by atoms with Crippen LogP contribution in [0.3, 0.4) is 0 Å². The van der Waals surface area contributed by atoms with Crippen molar-refractivity contribution in [3.8, 4) is 0 Å². The van der Waals surface area contributed by atoms with Crippen molar-refractivity contribution in [1.82, 2.24) is 10.2 Å². The molecule has 0 spiro atoms. The molecule has 1 aromatic heterocycles. The quantitative estimate of drug-likeness (QED) is 0.781. The normalized spacial score (nSPS) is 16.4. The van der Waals surface area contributed by atoms with Crippen molar-refractivity contribution in [2.75, 3.05) is 16.8 Å². The van der Waals surface area contributed by atoms with Crippen LogP contribution in [0, 0.1) is 6.92 Å². The standard InChI is InChI=1S/C10H16BrN3S/c1-8-12-13-10(15-8)14(7-3-6-11)9-4-2-5-9/h9H,2-7H2,1H3. The average Bonchev–Trinajstić information content (AvgIpc) is 2.56. The van der Waals surface area contributed by atoms with Gasteiger partial charge in [0.15, 0.2) is 0 Å². The number of aromatic nitrogens is 2. The topological polar surface area (TPSA) is 29.0 Å². The molecular weight excluding hydrogens is 274 g/mol. The number of halogens is 1. The molecule has 1 fully saturated rings. The molecule has 1 heterocycles. The van der Waals surface area contributed by atoms with E-state index in [1.165, 1.54) is 25.7 Å². The summed E-state index contributed by atoms with van der Waals surface area (Å²) >= 11 is 5.20. The predicted octanol–water partition coefficient (Wildman–Crippen LogP) is 2.99. The molecule has 1 saturated carbocycles. The van der Waals surface area contributed by atoms with Crippen molar-refractivity contribution in [2.24, 2.45) is 0 Å². The number of hydrogen-bond acceptors (Lipinski definition) is 4. The van der Waals surface area contributed by atoms with Gasteiger partial charge < -0.3 is 4.90 Å². The molecule has 1 aromatic rings. The van der Waals surface area contributed by atoms with Crippen LogP contribution < -0.4 is 4.90 Å². The molecule has 3 nitrogen and oxygen atoms in total. The van der Waals surface area contributed by atoms with Gasteiger partial charge in [0.05, 0.1) is 0 Å². The Bertz CT molecular complexity index is 311. The summed E-state index contributed by atoms with van der Waals surface area (Å²) in [5.41, 5.74) is 0. The highest BCUT2D eigenvalue weighted by Gasteiger charge is 2.26. The summed E-state index contributed by atoms with van der Waals surface area (Å²) in [6.45, 7) is 3.12. The first kappa shape index (κ1) is 11.3. The van der Waals surface area contributed by atoms with Crippen LogP contribution in [0.5, 0.6) is 0 Å². The third-order valence-electron chi connectivity index (χ3n) is 2.81. The van der Waals surface area contributed by atoms with Crippen LogP contribution in [0.4, 0.5) is 5.13 Å². The van der Waals surface area contributed by atoms with Crippen LogP contribution in [0.15, 0.2) is 0 Å². The van der Waals surface area contributed by atoms with Gasteiger partial charge in [-0.2, -0.15) is 0 Å². The third kappa shape index (κ3) is 2.69. The molecule has 5 heteroatoms. The highest BCUT2D eigenvalue weighted by molar-refractivity contribution is 9.09. The van der Waals surface area contributed by atoms with Gasteiger partial charge >= 0.3 is 0 Å². The summed E-state index contributed by atoms with van der Waals surface area (Å²) in [6.07, 6.45) is 5.18. The van der Waals surface area contributed by atoms with Crippen LogP contribution in [0.1, 0.15) is 30.7 Å². The molecule has 0 N–H and O–H groups in total. The van der Waals surface area contributed by atoms with E-state index in [1.54, 1.807) is 11.3 Å². The highest BCUT2D eigenvalue weighted by atomic mass is 79.9. The fraction of sp³-hybridized carbons (Fsp3) is 0.800. The van der Waals surface area contributed by atoms with Gasteiger partial charge in [-0.1, -0.05) is 27.3 Å². The van der Waals surface area contributed by atoms with Gasteiger partial charge in [0.2, 0.25) is 5.13 Å². The Morgan fingerprint density at radius 1 is 1.47 bits per heavy atom. The lowest BCUT2D eigenvalue weighted by atomic mass is 9.92. The SMILES string of the molecule is Cc1nnc(N(CCCBr)C2CCC2)s1. The predicted molar refractivity (Wildman–Crippen MR) is 68.0 cm³/mol. The maximum absolute atomic E-state index is 4.25. The summed E-state index contributed by atoms with van der Waals surface area (Å²) in [5, 5.41) is 11.6. The molecule has 15 heavy (non-hydrogen) atoms. The van der Waals surface area contributed by atoms with Gasteiger partial charge in [-0.05, 0) is 32.6 Å². The van der Waals surface area contributed by atoms with Crippen molar-refractivity contribution in [2.45, 2.75) is 38.6 Å². The van der Waals surface area contributed by atoms with Gasteiger partial charge in [-0.15, -0.1) is 10.2 Å². The lowest BCUT2D eigenvalue weighted by Crippen LogP contribution is -2.41. The Morgan fingerprint density at radius 3 is 2.73 bits per heavy atom. The summed E-state index contributed by atoms with van der Waals surface area (Å²) in [7, 11) is 0. The second kappa shape index (κ2) is 5.25. The van der Waals surface area contributed by atoms with Crippen molar-refractivity contribution < 1.29 is 0 Å². The number of alkyl halides is 1. The molecule has 0 bridgehead atoms. The minimum atomic E-state index is 0.719. The van der Waals surface area contributed by atoms with Gasteiger partial charge in [0.1, 0.15) is 5.01 Å². The van der Waals surface area contributed by atoms with E-state index in [9.17, 15) is 0 Å². The lowest BCUT2D eigenvalue weighted by molar-refractivity contribution is 0.385. The van der Waals surface area contributed by atoms with E-state index in [0.29, 0.717) is 0 Å². The van der Waals surface area contributed by atoms with Crippen molar-refractivity contribution in [1.29, 1.82) is 0 Å². The van der Waals surface area contributed by atoms with Gasteiger partial charge in [-0.3, -0.25) is 0 Å². The largest absolute Gasteiger partial charge is 0.344 e. The Hall–Kier alpha value is -0.160. The minimum Gasteiger partial charge on any atom is -0.344 e. The molecule has 0 aliphatic heterocycles. The van der Waals surface area contributed by atoms with Gasteiger partial charge in [0.25, 0.3) is 0 Å². The van der Waals surface area contributed by atoms with Crippen LogP contribution in [0.25, 0.3) is 0 Å². The van der Waals surface area contributed by atoms with Crippen molar-refractivity contribution in [3.05, 3.63) is 5.01 Å². The molecule has 0 saturated heterocycles. The zero-order chi connectivity index (χ0) is 10.7. The minimum absolute atomic E-state index is 0.719. The van der Waals surface area contributed by atoms with E-state index in [1.807, 2.05) is 6.92 Å². The summed E-state index contributed by atoms with van der Waals surface area (Å²) in [5.74, 6) is 0. The zero-order valence-corrected chi connectivity index (χ0v) is 11.4. The van der Waals surface area contributed by atoms with Gasteiger partial charge in [-0.25, -0.2) is 0 Å². The number of rotatable bonds is 5.